The van der Waals surface area contributed by atoms with E-state index < -0.39 is 0 Å². The van der Waals surface area contributed by atoms with Crippen LogP contribution in [0.4, 0.5) is 11.4 Å². The van der Waals surface area contributed by atoms with Crippen LogP contribution >= 0.6 is 0 Å². The number of nitrogens with zero attached hydrogens (tertiary/aromatic N) is 3. The molecule has 4 heteroatoms. The van der Waals surface area contributed by atoms with E-state index in [4.69, 9.17) is 5.26 Å². The summed E-state index contributed by atoms with van der Waals surface area (Å²) in [6.07, 6.45) is 1.70. The molecule has 0 aliphatic heterocycles. The Morgan fingerprint density at radius 1 is 1.29 bits per heavy atom. The average molecular weight is 280 g/mol. The summed E-state index contributed by atoms with van der Waals surface area (Å²) < 4.78 is 0. The molecule has 2 rings (SSSR count). The van der Waals surface area contributed by atoms with Crippen molar-refractivity contribution in [2.75, 3.05) is 29.9 Å². The molecule has 0 bridgehead atoms. The largest absolute Gasteiger partial charge is 0.382 e. The predicted molar refractivity (Wildman–Crippen MR) is 86.5 cm³/mol. The van der Waals surface area contributed by atoms with Crippen molar-refractivity contribution in [3.8, 4) is 6.07 Å². The van der Waals surface area contributed by atoms with Crippen LogP contribution in [0.5, 0.6) is 0 Å². The second kappa shape index (κ2) is 7.30. The van der Waals surface area contributed by atoms with Gasteiger partial charge in [-0.05, 0) is 43.7 Å². The van der Waals surface area contributed by atoms with Crippen LogP contribution in [-0.2, 0) is 0 Å². The van der Waals surface area contributed by atoms with E-state index in [-0.39, 0.29) is 0 Å². The number of anilines is 2. The first kappa shape index (κ1) is 14.9. The van der Waals surface area contributed by atoms with E-state index in [1.54, 1.807) is 12.3 Å². The van der Waals surface area contributed by atoms with Gasteiger partial charge in [0, 0.05) is 25.3 Å². The maximum absolute atomic E-state index is 8.72. The van der Waals surface area contributed by atoms with Gasteiger partial charge in [0.25, 0.3) is 0 Å². The maximum atomic E-state index is 8.72. The molecule has 0 amide bonds. The second-order valence-electron chi connectivity index (χ2n) is 4.89. The monoisotopic (exact) mass is 280 g/mol. The quantitative estimate of drug-likeness (QED) is 0.883. The summed E-state index contributed by atoms with van der Waals surface area (Å²) in [5, 5.41) is 12.0. The van der Waals surface area contributed by atoms with Crippen LogP contribution in [0.25, 0.3) is 0 Å². The van der Waals surface area contributed by atoms with Gasteiger partial charge in [-0.3, -0.25) is 0 Å². The molecule has 0 unspecified atom stereocenters. The fraction of sp³-hybridized carbons (Fsp3) is 0.294. The smallest absolute Gasteiger partial charge is 0.140 e. The van der Waals surface area contributed by atoms with Crippen molar-refractivity contribution in [1.29, 1.82) is 5.26 Å². The molecule has 108 valence electrons. The van der Waals surface area contributed by atoms with Crippen LogP contribution < -0.4 is 10.2 Å². The molecule has 2 aromatic rings. The molecule has 0 saturated heterocycles. The van der Waals surface area contributed by atoms with Gasteiger partial charge in [0.05, 0.1) is 11.9 Å². The Balaban J connectivity index is 1.90. The zero-order valence-corrected chi connectivity index (χ0v) is 12.5. The molecular formula is C17H20N4. The number of likely N-dealkylation sites (N-methyl/N-ethyl adjacent to an activating group) is 1. The molecule has 1 N–H and O–H groups in total. The Morgan fingerprint density at radius 3 is 2.76 bits per heavy atom. The number of benzene rings is 1. The van der Waals surface area contributed by atoms with Crippen LogP contribution in [0, 0.1) is 18.3 Å². The highest BCUT2D eigenvalue weighted by Gasteiger charge is 2.04. The van der Waals surface area contributed by atoms with Crippen LogP contribution in [-0.4, -0.2) is 24.6 Å². The van der Waals surface area contributed by atoms with Crippen molar-refractivity contribution < 1.29 is 0 Å². The highest BCUT2D eigenvalue weighted by atomic mass is 15.1. The Bertz CT molecular complexity index is 613. The van der Waals surface area contributed by atoms with Gasteiger partial charge in [0.15, 0.2) is 0 Å². The van der Waals surface area contributed by atoms with Crippen LogP contribution in [0.3, 0.4) is 0 Å². The molecular weight excluding hydrogens is 260 g/mol. The summed E-state index contributed by atoms with van der Waals surface area (Å²) in [5.41, 5.74) is 3.90. The molecule has 1 heterocycles. The summed E-state index contributed by atoms with van der Waals surface area (Å²) in [5.74, 6) is 0. The molecule has 0 radical (unpaired) electrons. The first-order valence-corrected chi connectivity index (χ1v) is 7.14. The van der Waals surface area contributed by atoms with Crippen molar-refractivity contribution in [1.82, 2.24) is 4.98 Å². The van der Waals surface area contributed by atoms with Crippen molar-refractivity contribution in [2.24, 2.45) is 0 Å². The number of aromatic nitrogens is 1. The van der Waals surface area contributed by atoms with Gasteiger partial charge in [-0.15, -0.1) is 0 Å². The molecule has 0 fully saturated rings. The fourth-order valence-electron chi connectivity index (χ4n) is 2.19. The van der Waals surface area contributed by atoms with Crippen molar-refractivity contribution in [3.63, 3.8) is 0 Å². The van der Waals surface area contributed by atoms with E-state index in [1.807, 2.05) is 12.1 Å². The molecule has 21 heavy (non-hydrogen) atoms. The van der Waals surface area contributed by atoms with Gasteiger partial charge in [0.2, 0.25) is 0 Å². The molecule has 4 nitrogen and oxygen atoms in total. The lowest BCUT2D eigenvalue weighted by Gasteiger charge is -2.23. The van der Waals surface area contributed by atoms with Crippen molar-refractivity contribution in [2.45, 2.75) is 13.8 Å². The predicted octanol–water partition coefficient (Wildman–Crippen LogP) is 3.20. The lowest BCUT2D eigenvalue weighted by Crippen LogP contribution is -2.28. The van der Waals surface area contributed by atoms with Crippen molar-refractivity contribution in [3.05, 3.63) is 53.9 Å². The van der Waals surface area contributed by atoms with Gasteiger partial charge in [-0.25, -0.2) is 4.98 Å². The maximum Gasteiger partial charge on any atom is 0.140 e. The molecule has 0 atom stereocenters. The Labute approximate surface area is 126 Å². The molecule has 0 saturated carbocycles. The summed E-state index contributed by atoms with van der Waals surface area (Å²) in [7, 11) is 0. The van der Waals surface area contributed by atoms with E-state index in [9.17, 15) is 0 Å². The highest BCUT2D eigenvalue weighted by molar-refractivity contribution is 5.49. The number of nitrogens with one attached hydrogen (secondary N) is 1. The van der Waals surface area contributed by atoms with Crippen LogP contribution in [0.2, 0.25) is 0 Å². The van der Waals surface area contributed by atoms with Crippen molar-refractivity contribution >= 4 is 11.4 Å². The normalized spacial score (nSPS) is 9.95. The molecule has 0 aliphatic rings. The van der Waals surface area contributed by atoms with Gasteiger partial charge in [0.1, 0.15) is 11.8 Å². The lowest BCUT2D eigenvalue weighted by atomic mass is 10.2. The number of nitriles is 1. The number of hydrogen-bond donors (Lipinski definition) is 1. The third kappa shape index (κ3) is 4.22. The van der Waals surface area contributed by atoms with Gasteiger partial charge in [-0.1, -0.05) is 12.1 Å². The van der Waals surface area contributed by atoms with Gasteiger partial charge < -0.3 is 10.2 Å². The number of aryl methyl sites for hydroxylation is 1. The fourth-order valence-corrected chi connectivity index (χ4v) is 2.19. The average Bonchev–Trinajstić information content (AvgIpc) is 2.52. The second-order valence-corrected chi connectivity index (χ2v) is 4.89. The SMILES string of the molecule is CCN(CCNc1ccc(C#N)nc1)c1cccc(C)c1. The lowest BCUT2D eigenvalue weighted by molar-refractivity contribution is 0.834. The third-order valence-corrected chi connectivity index (χ3v) is 3.34. The van der Waals surface area contributed by atoms with Crippen LogP contribution in [0.1, 0.15) is 18.2 Å². The Hall–Kier alpha value is -2.54. The molecule has 0 aliphatic carbocycles. The molecule has 1 aromatic heterocycles. The highest BCUT2D eigenvalue weighted by Crippen LogP contribution is 2.15. The number of hydrogen-bond acceptors (Lipinski definition) is 4. The van der Waals surface area contributed by atoms with E-state index in [1.165, 1.54) is 11.3 Å². The molecule has 0 spiro atoms. The van der Waals surface area contributed by atoms with Gasteiger partial charge >= 0.3 is 0 Å². The van der Waals surface area contributed by atoms with E-state index in [2.05, 4.69) is 53.3 Å². The first-order chi connectivity index (χ1) is 10.2. The number of rotatable bonds is 6. The summed E-state index contributed by atoms with van der Waals surface area (Å²) in [6.45, 7) is 6.98. The standard InChI is InChI=1S/C17H20N4/c1-3-21(17-6-4-5-14(2)11-17)10-9-19-16-8-7-15(12-18)20-13-16/h4-8,11,13,19H,3,9-10H2,1-2H3. The van der Waals surface area contributed by atoms with Gasteiger partial charge in [-0.2, -0.15) is 5.26 Å². The Kier molecular flexibility index (Phi) is 5.16. The van der Waals surface area contributed by atoms with E-state index in [0.29, 0.717) is 5.69 Å². The minimum Gasteiger partial charge on any atom is -0.382 e. The van der Waals surface area contributed by atoms with Crippen LogP contribution in [0.15, 0.2) is 42.6 Å². The topological polar surface area (TPSA) is 52.0 Å². The summed E-state index contributed by atoms with van der Waals surface area (Å²) in [6, 6.07) is 14.2. The third-order valence-electron chi connectivity index (χ3n) is 3.34. The summed E-state index contributed by atoms with van der Waals surface area (Å²) >= 11 is 0. The van der Waals surface area contributed by atoms with E-state index >= 15 is 0 Å². The summed E-state index contributed by atoms with van der Waals surface area (Å²) in [4.78, 5) is 6.38. The first-order valence-electron chi connectivity index (χ1n) is 7.14. The minimum atomic E-state index is 0.440. The molecule has 1 aromatic carbocycles. The zero-order valence-electron chi connectivity index (χ0n) is 12.5. The Morgan fingerprint density at radius 2 is 2.14 bits per heavy atom. The number of pyridine rings is 1. The van der Waals surface area contributed by atoms with E-state index in [0.717, 1.165) is 25.3 Å². The minimum absolute atomic E-state index is 0.440. The zero-order chi connectivity index (χ0) is 15.1.